The fourth-order valence-electron chi connectivity index (χ4n) is 2.19. The standard InChI is InChI=1S/C16H22N4O/c1-3-4-14-15(17)19-11-20-16(14)18-10-9-12-5-7-13(21-2)8-6-12/h5-8,11H,3-4,9-10H2,1-2H3,(H3,17,18,19,20). The zero-order chi connectivity index (χ0) is 15.1. The predicted molar refractivity (Wildman–Crippen MR) is 85.6 cm³/mol. The monoisotopic (exact) mass is 286 g/mol. The number of nitrogens with two attached hydrogens (primary N) is 1. The number of ether oxygens (including phenoxy) is 1. The third-order valence-corrected chi connectivity index (χ3v) is 3.34. The van der Waals surface area contributed by atoms with Crippen LogP contribution in [0.4, 0.5) is 11.6 Å². The molecule has 0 aliphatic rings. The summed E-state index contributed by atoms with van der Waals surface area (Å²) in [5.74, 6) is 2.29. The van der Waals surface area contributed by atoms with Crippen LogP contribution in [0, 0.1) is 0 Å². The van der Waals surface area contributed by atoms with Gasteiger partial charge in [-0.25, -0.2) is 9.97 Å². The second kappa shape index (κ2) is 7.47. The summed E-state index contributed by atoms with van der Waals surface area (Å²) in [7, 11) is 1.67. The van der Waals surface area contributed by atoms with Crippen molar-refractivity contribution in [2.75, 3.05) is 24.7 Å². The van der Waals surface area contributed by atoms with Gasteiger partial charge in [0.25, 0.3) is 0 Å². The van der Waals surface area contributed by atoms with Crippen molar-refractivity contribution in [1.82, 2.24) is 9.97 Å². The van der Waals surface area contributed by atoms with Gasteiger partial charge in [-0.1, -0.05) is 25.5 Å². The molecule has 0 aliphatic heterocycles. The number of aromatic nitrogens is 2. The van der Waals surface area contributed by atoms with E-state index in [0.29, 0.717) is 5.82 Å². The number of nitrogens with one attached hydrogen (secondary N) is 1. The van der Waals surface area contributed by atoms with Gasteiger partial charge in [-0.15, -0.1) is 0 Å². The molecule has 0 fully saturated rings. The SMILES string of the molecule is CCCc1c(N)ncnc1NCCc1ccc(OC)cc1. The van der Waals surface area contributed by atoms with Crippen molar-refractivity contribution in [3.8, 4) is 5.75 Å². The molecule has 112 valence electrons. The molecular weight excluding hydrogens is 264 g/mol. The predicted octanol–water partition coefficient (Wildman–Crippen LogP) is 2.67. The Labute approximate surface area is 125 Å². The molecule has 0 radical (unpaired) electrons. The molecule has 0 unspecified atom stereocenters. The van der Waals surface area contributed by atoms with Crippen LogP contribution in [0.3, 0.4) is 0 Å². The van der Waals surface area contributed by atoms with Gasteiger partial charge in [0.05, 0.1) is 7.11 Å². The lowest BCUT2D eigenvalue weighted by atomic mass is 10.1. The molecule has 3 N–H and O–H groups in total. The number of benzene rings is 1. The molecule has 5 nitrogen and oxygen atoms in total. The smallest absolute Gasteiger partial charge is 0.134 e. The van der Waals surface area contributed by atoms with Crippen molar-refractivity contribution in [2.45, 2.75) is 26.2 Å². The van der Waals surface area contributed by atoms with E-state index in [0.717, 1.165) is 42.9 Å². The van der Waals surface area contributed by atoms with Crippen LogP contribution in [0.15, 0.2) is 30.6 Å². The Morgan fingerprint density at radius 1 is 1.14 bits per heavy atom. The van der Waals surface area contributed by atoms with E-state index < -0.39 is 0 Å². The zero-order valence-corrected chi connectivity index (χ0v) is 12.6. The fourth-order valence-corrected chi connectivity index (χ4v) is 2.19. The van der Waals surface area contributed by atoms with Crippen LogP contribution in [-0.2, 0) is 12.8 Å². The highest BCUT2D eigenvalue weighted by molar-refractivity contribution is 5.55. The summed E-state index contributed by atoms with van der Waals surface area (Å²) >= 11 is 0. The first-order valence-corrected chi connectivity index (χ1v) is 7.20. The molecule has 0 amide bonds. The van der Waals surface area contributed by atoms with E-state index in [1.807, 2.05) is 12.1 Å². The Bertz CT molecular complexity index is 569. The van der Waals surface area contributed by atoms with E-state index in [4.69, 9.17) is 10.5 Å². The summed E-state index contributed by atoms with van der Waals surface area (Å²) in [4.78, 5) is 8.35. The molecule has 0 atom stereocenters. The highest BCUT2D eigenvalue weighted by Gasteiger charge is 2.07. The summed E-state index contributed by atoms with van der Waals surface area (Å²) in [6.07, 6.45) is 4.33. The van der Waals surface area contributed by atoms with Gasteiger partial charge in [-0.05, 0) is 30.5 Å². The van der Waals surface area contributed by atoms with Crippen molar-refractivity contribution in [3.63, 3.8) is 0 Å². The van der Waals surface area contributed by atoms with Crippen molar-refractivity contribution in [3.05, 3.63) is 41.7 Å². The third kappa shape index (κ3) is 4.08. The lowest BCUT2D eigenvalue weighted by Gasteiger charge is -2.12. The van der Waals surface area contributed by atoms with Gasteiger partial charge in [0.1, 0.15) is 23.7 Å². The quantitative estimate of drug-likeness (QED) is 0.818. The zero-order valence-electron chi connectivity index (χ0n) is 12.6. The van der Waals surface area contributed by atoms with Crippen LogP contribution in [0.1, 0.15) is 24.5 Å². The minimum Gasteiger partial charge on any atom is -0.497 e. The van der Waals surface area contributed by atoms with Crippen molar-refractivity contribution >= 4 is 11.6 Å². The van der Waals surface area contributed by atoms with Crippen LogP contribution in [0.5, 0.6) is 5.75 Å². The van der Waals surface area contributed by atoms with Crippen LogP contribution in [0.2, 0.25) is 0 Å². The van der Waals surface area contributed by atoms with Gasteiger partial charge in [-0.3, -0.25) is 0 Å². The third-order valence-electron chi connectivity index (χ3n) is 3.34. The maximum Gasteiger partial charge on any atom is 0.134 e. The topological polar surface area (TPSA) is 73.1 Å². The van der Waals surface area contributed by atoms with Gasteiger partial charge in [0.15, 0.2) is 0 Å². The number of rotatable bonds is 7. The van der Waals surface area contributed by atoms with E-state index in [1.54, 1.807) is 7.11 Å². The minimum absolute atomic E-state index is 0.568. The van der Waals surface area contributed by atoms with E-state index in [-0.39, 0.29) is 0 Å². The van der Waals surface area contributed by atoms with Crippen molar-refractivity contribution in [1.29, 1.82) is 0 Å². The first-order valence-electron chi connectivity index (χ1n) is 7.20. The van der Waals surface area contributed by atoms with Crippen LogP contribution in [-0.4, -0.2) is 23.6 Å². The minimum atomic E-state index is 0.568. The summed E-state index contributed by atoms with van der Waals surface area (Å²) in [6.45, 7) is 2.92. The fraction of sp³-hybridized carbons (Fsp3) is 0.375. The van der Waals surface area contributed by atoms with Crippen LogP contribution in [0.25, 0.3) is 0 Å². The Hall–Kier alpha value is -2.30. The van der Waals surface area contributed by atoms with E-state index in [9.17, 15) is 0 Å². The number of hydrogen-bond acceptors (Lipinski definition) is 5. The van der Waals surface area contributed by atoms with Gasteiger partial charge in [0, 0.05) is 12.1 Å². The summed E-state index contributed by atoms with van der Waals surface area (Å²) in [5.41, 5.74) is 8.18. The number of nitrogens with zero attached hydrogens (tertiary/aromatic N) is 2. The first kappa shape index (κ1) is 15.1. The molecular formula is C16H22N4O. The van der Waals surface area contributed by atoms with Gasteiger partial charge in [0.2, 0.25) is 0 Å². The normalized spacial score (nSPS) is 10.4. The van der Waals surface area contributed by atoms with Crippen LogP contribution < -0.4 is 15.8 Å². The van der Waals surface area contributed by atoms with Gasteiger partial charge >= 0.3 is 0 Å². The second-order valence-electron chi connectivity index (χ2n) is 4.86. The molecule has 5 heteroatoms. The Balaban J connectivity index is 1.95. The van der Waals surface area contributed by atoms with E-state index >= 15 is 0 Å². The molecule has 2 aromatic rings. The van der Waals surface area contributed by atoms with Gasteiger partial charge in [-0.2, -0.15) is 0 Å². The molecule has 0 bridgehead atoms. The highest BCUT2D eigenvalue weighted by atomic mass is 16.5. The highest BCUT2D eigenvalue weighted by Crippen LogP contribution is 2.19. The molecule has 0 saturated carbocycles. The molecule has 0 aliphatic carbocycles. The number of methoxy groups -OCH3 is 1. The number of anilines is 2. The maximum absolute atomic E-state index is 5.92. The number of nitrogen functional groups attached to an aromatic ring is 1. The Morgan fingerprint density at radius 3 is 2.57 bits per heavy atom. The first-order chi connectivity index (χ1) is 10.2. The summed E-state index contributed by atoms with van der Waals surface area (Å²) in [6, 6.07) is 8.09. The Kier molecular flexibility index (Phi) is 5.37. The molecule has 0 saturated heterocycles. The Morgan fingerprint density at radius 2 is 1.90 bits per heavy atom. The molecule has 2 rings (SSSR count). The van der Waals surface area contributed by atoms with Crippen molar-refractivity contribution < 1.29 is 4.74 Å². The van der Waals surface area contributed by atoms with Crippen molar-refractivity contribution in [2.24, 2.45) is 0 Å². The molecule has 21 heavy (non-hydrogen) atoms. The largest absolute Gasteiger partial charge is 0.497 e. The molecule has 1 aromatic carbocycles. The van der Waals surface area contributed by atoms with Crippen LogP contribution >= 0.6 is 0 Å². The molecule has 0 spiro atoms. The lowest BCUT2D eigenvalue weighted by molar-refractivity contribution is 0.414. The average Bonchev–Trinajstić information content (AvgIpc) is 2.51. The molecule has 1 aromatic heterocycles. The van der Waals surface area contributed by atoms with E-state index in [2.05, 4.69) is 34.3 Å². The summed E-state index contributed by atoms with van der Waals surface area (Å²) < 4.78 is 5.15. The second-order valence-corrected chi connectivity index (χ2v) is 4.86. The number of hydrogen-bond donors (Lipinski definition) is 2. The summed E-state index contributed by atoms with van der Waals surface area (Å²) in [5, 5.41) is 3.35. The van der Waals surface area contributed by atoms with Gasteiger partial charge < -0.3 is 15.8 Å². The molecule has 1 heterocycles. The average molecular weight is 286 g/mol. The maximum atomic E-state index is 5.92. The lowest BCUT2D eigenvalue weighted by Crippen LogP contribution is -2.11. The van der Waals surface area contributed by atoms with E-state index in [1.165, 1.54) is 11.9 Å².